The van der Waals surface area contributed by atoms with Gasteiger partial charge < -0.3 is 9.59 Å². The fraction of sp³-hybridized carbons (Fsp3) is 0.467. The van der Waals surface area contributed by atoms with E-state index in [1.807, 2.05) is 24.3 Å². The summed E-state index contributed by atoms with van der Waals surface area (Å²) in [6.45, 7) is 4.64. The number of quaternary nitrogens is 1. The Morgan fingerprint density at radius 2 is 1.83 bits per heavy atom. The molecule has 2 nitrogen and oxygen atoms in total. The molecular weight excluding hydrogens is 246 g/mol. The molecule has 18 heavy (non-hydrogen) atoms. The van der Waals surface area contributed by atoms with E-state index in [2.05, 4.69) is 27.7 Å². The van der Waals surface area contributed by atoms with Crippen LogP contribution in [0.5, 0.6) is 0 Å². The fourth-order valence-electron chi connectivity index (χ4n) is 1.88. The second-order valence-electron chi connectivity index (χ2n) is 5.80. The Morgan fingerprint density at radius 3 is 2.28 bits per heavy atom. The zero-order valence-electron chi connectivity index (χ0n) is 11.5. The van der Waals surface area contributed by atoms with E-state index in [1.54, 1.807) is 6.08 Å². The van der Waals surface area contributed by atoms with Crippen LogP contribution in [0.1, 0.15) is 18.4 Å². The third kappa shape index (κ3) is 4.45. The Morgan fingerprint density at radius 1 is 1.28 bits per heavy atom. The highest BCUT2D eigenvalue weighted by Crippen LogP contribution is 2.30. The average molecular weight is 269 g/mol. The smallest absolute Gasteiger partial charge is 0.0984 e. The molecule has 1 N–H and O–H groups in total. The molecule has 0 aliphatic carbocycles. The van der Waals surface area contributed by atoms with Crippen molar-refractivity contribution >= 4 is 11.6 Å². The van der Waals surface area contributed by atoms with Crippen molar-refractivity contribution in [3.8, 4) is 0 Å². The van der Waals surface area contributed by atoms with Gasteiger partial charge in [-0.25, -0.2) is 0 Å². The molecule has 1 rings (SSSR count). The predicted molar refractivity (Wildman–Crippen MR) is 77.7 cm³/mol. The summed E-state index contributed by atoms with van der Waals surface area (Å²) >= 11 is 5.88. The first-order valence-corrected chi connectivity index (χ1v) is 6.54. The van der Waals surface area contributed by atoms with E-state index in [0.29, 0.717) is 17.9 Å². The average Bonchev–Trinajstić information content (AvgIpc) is 2.27. The van der Waals surface area contributed by atoms with Gasteiger partial charge in [-0.2, -0.15) is 0 Å². The summed E-state index contributed by atoms with van der Waals surface area (Å²) in [5.41, 5.74) is 0.0537. The predicted octanol–water partition coefficient (Wildman–Crippen LogP) is 3.20. The molecule has 0 heterocycles. The van der Waals surface area contributed by atoms with Gasteiger partial charge in [0, 0.05) is 11.4 Å². The third-order valence-electron chi connectivity index (χ3n) is 3.06. The van der Waals surface area contributed by atoms with Crippen LogP contribution in [0.4, 0.5) is 0 Å². The normalized spacial score (nSPS) is 15.2. The maximum atomic E-state index is 10.8. The molecule has 0 amide bonds. The molecule has 1 unspecified atom stereocenters. The van der Waals surface area contributed by atoms with Gasteiger partial charge in [0.1, 0.15) is 0 Å². The summed E-state index contributed by atoms with van der Waals surface area (Å²) in [7, 11) is 6.36. The first kappa shape index (κ1) is 15.2. The van der Waals surface area contributed by atoms with Crippen molar-refractivity contribution in [3.05, 3.63) is 47.5 Å². The molecule has 1 aromatic carbocycles. The first-order chi connectivity index (χ1) is 8.27. The molecule has 100 valence electrons. The maximum absolute atomic E-state index is 10.8. The van der Waals surface area contributed by atoms with Gasteiger partial charge in [0.25, 0.3) is 0 Å². The molecule has 0 radical (unpaired) electrons. The number of aliphatic hydroxyl groups is 1. The summed E-state index contributed by atoms with van der Waals surface area (Å²) in [4.78, 5) is 0. The molecule has 0 saturated carbocycles. The lowest BCUT2D eigenvalue weighted by molar-refractivity contribution is -0.871. The Balaban J connectivity index is 2.92. The van der Waals surface area contributed by atoms with Gasteiger partial charge in [0.2, 0.25) is 0 Å². The largest absolute Gasteiger partial charge is 0.385 e. The number of hydrogen-bond donors (Lipinski definition) is 1. The number of benzene rings is 1. The van der Waals surface area contributed by atoms with Crippen molar-refractivity contribution in [2.75, 3.05) is 27.7 Å². The van der Waals surface area contributed by atoms with E-state index in [1.165, 1.54) is 0 Å². The second kappa shape index (κ2) is 5.87. The van der Waals surface area contributed by atoms with Gasteiger partial charge in [0.05, 0.1) is 33.3 Å². The SMILES string of the molecule is C=CCC(O)(CC[N+](C)(C)C)c1ccc(Cl)cc1. The molecule has 0 aliphatic heterocycles. The highest BCUT2D eigenvalue weighted by atomic mass is 35.5. The highest BCUT2D eigenvalue weighted by Gasteiger charge is 2.29. The molecule has 0 bridgehead atoms. The Bertz CT molecular complexity index is 394. The van der Waals surface area contributed by atoms with Crippen LogP contribution in [0.2, 0.25) is 5.02 Å². The van der Waals surface area contributed by atoms with Crippen molar-refractivity contribution < 1.29 is 9.59 Å². The van der Waals surface area contributed by atoms with Crippen LogP contribution >= 0.6 is 11.6 Å². The summed E-state index contributed by atoms with van der Waals surface area (Å²) in [6.07, 6.45) is 3.02. The molecular formula is C15H23ClNO+. The Labute approximate surface area is 115 Å². The monoisotopic (exact) mass is 268 g/mol. The van der Waals surface area contributed by atoms with Crippen LogP contribution in [0.15, 0.2) is 36.9 Å². The van der Waals surface area contributed by atoms with E-state index in [0.717, 1.165) is 16.6 Å². The van der Waals surface area contributed by atoms with Crippen molar-refractivity contribution in [3.63, 3.8) is 0 Å². The van der Waals surface area contributed by atoms with Crippen LogP contribution in [0.3, 0.4) is 0 Å². The van der Waals surface area contributed by atoms with Crippen molar-refractivity contribution in [1.82, 2.24) is 0 Å². The first-order valence-electron chi connectivity index (χ1n) is 6.17. The third-order valence-corrected chi connectivity index (χ3v) is 3.31. The molecule has 0 spiro atoms. The minimum Gasteiger partial charge on any atom is -0.385 e. The summed E-state index contributed by atoms with van der Waals surface area (Å²) in [5.74, 6) is 0. The highest BCUT2D eigenvalue weighted by molar-refractivity contribution is 6.30. The molecule has 0 fully saturated rings. The Hall–Kier alpha value is -0.830. The van der Waals surface area contributed by atoms with E-state index in [-0.39, 0.29) is 0 Å². The summed E-state index contributed by atoms with van der Waals surface area (Å²) in [5, 5.41) is 11.5. The van der Waals surface area contributed by atoms with E-state index in [4.69, 9.17) is 11.6 Å². The fourth-order valence-corrected chi connectivity index (χ4v) is 2.01. The number of nitrogens with zero attached hydrogens (tertiary/aromatic N) is 1. The van der Waals surface area contributed by atoms with Gasteiger partial charge in [-0.15, -0.1) is 6.58 Å². The minimum absolute atomic E-state index is 0.550. The molecule has 0 aliphatic rings. The lowest BCUT2D eigenvalue weighted by atomic mass is 9.87. The van der Waals surface area contributed by atoms with Crippen LogP contribution in [0.25, 0.3) is 0 Å². The lowest BCUT2D eigenvalue weighted by Gasteiger charge is -2.32. The van der Waals surface area contributed by atoms with E-state index >= 15 is 0 Å². The van der Waals surface area contributed by atoms with E-state index in [9.17, 15) is 5.11 Å². The summed E-state index contributed by atoms with van der Waals surface area (Å²) < 4.78 is 0.826. The van der Waals surface area contributed by atoms with Gasteiger partial charge >= 0.3 is 0 Å². The van der Waals surface area contributed by atoms with Crippen LogP contribution in [0, 0.1) is 0 Å². The van der Waals surface area contributed by atoms with Crippen LogP contribution in [-0.4, -0.2) is 37.3 Å². The molecule has 3 heteroatoms. The maximum Gasteiger partial charge on any atom is 0.0984 e. The zero-order chi connectivity index (χ0) is 13.8. The van der Waals surface area contributed by atoms with Gasteiger partial charge in [-0.05, 0) is 24.1 Å². The minimum atomic E-state index is -0.849. The lowest BCUT2D eigenvalue weighted by Crippen LogP contribution is -2.40. The van der Waals surface area contributed by atoms with Gasteiger partial charge in [-0.3, -0.25) is 0 Å². The van der Waals surface area contributed by atoms with Gasteiger partial charge in [-0.1, -0.05) is 29.8 Å². The number of hydrogen-bond acceptors (Lipinski definition) is 1. The zero-order valence-corrected chi connectivity index (χ0v) is 12.2. The molecule has 0 saturated heterocycles. The molecule has 1 atom stereocenters. The quantitative estimate of drug-likeness (QED) is 0.621. The second-order valence-corrected chi connectivity index (χ2v) is 6.23. The molecule has 1 aromatic rings. The van der Waals surface area contributed by atoms with Crippen molar-refractivity contribution in [1.29, 1.82) is 0 Å². The number of rotatable bonds is 6. The number of halogens is 1. The molecule has 0 aromatic heterocycles. The van der Waals surface area contributed by atoms with Crippen LogP contribution in [-0.2, 0) is 5.60 Å². The standard InChI is InChI=1S/C15H23ClNO/c1-5-10-15(18,11-12-17(2,3)4)13-6-8-14(16)9-7-13/h5-9,18H,1,10-12H2,2-4H3/q+1. The van der Waals surface area contributed by atoms with Crippen molar-refractivity contribution in [2.24, 2.45) is 0 Å². The van der Waals surface area contributed by atoms with Gasteiger partial charge in [0.15, 0.2) is 0 Å². The van der Waals surface area contributed by atoms with Crippen molar-refractivity contribution in [2.45, 2.75) is 18.4 Å². The summed E-state index contributed by atoms with van der Waals surface area (Å²) in [6, 6.07) is 7.41. The van der Waals surface area contributed by atoms with E-state index < -0.39 is 5.60 Å². The topological polar surface area (TPSA) is 20.2 Å². The Kier molecular flexibility index (Phi) is 4.97. The van der Waals surface area contributed by atoms with Crippen LogP contribution < -0.4 is 0 Å².